The van der Waals surface area contributed by atoms with Gasteiger partial charge >= 0.3 is 0 Å². The number of hydrogen-bond donors (Lipinski definition) is 2. The van der Waals surface area contributed by atoms with Gasteiger partial charge in [0.2, 0.25) is 10.0 Å². The molecule has 112 valence electrons. The van der Waals surface area contributed by atoms with E-state index in [0.717, 1.165) is 37.8 Å². The summed E-state index contributed by atoms with van der Waals surface area (Å²) in [6, 6.07) is 7.71. The first-order chi connectivity index (χ1) is 9.53. The van der Waals surface area contributed by atoms with Crippen molar-refractivity contribution in [3.8, 4) is 0 Å². The second-order valence-corrected chi connectivity index (χ2v) is 7.24. The van der Waals surface area contributed by atoms with Gasteiger partial charge in [-0.2, -0.15) is 0 Å². The molecule has 0 aliphatic heterocycles. The van der Waals surface area contributed by atoms with Crippen molar-refractivity contribution in [2.24, 2.45) is 0 Å². The van der Waals surface area contributed by atoms with Crippen molar-refractivity contribution in [3.63, 3.8) is 0 Å². The number of nitrogens with one attached hydrogen (secondary N) is 2. The van der Waals surface area contributed by atoms with Crippen LogP contribution in [-0.2, 0) is 16.4 Å². The Balaban J connectivity index is 2.12. The Kier molecular flexibility index (Phi) is 5.18. The Morgan fingerprint density at radius 3 is 2.65 bits per heavy atom. The van der Waals surface area contributed by atoms with E-state index >= 15 is 0 Å². The molecule has 1 aliphatic rings. The van der Waals surface area contributed by atoms with Crippen LogP contribution in [0.4, 0.5) is 0 Å². The van der Waals surface area contributed by atoms with Crippen LogP contribution in [0.5, 0.6) is 0 Å². The van der Waals surface area contributed by atoms with E-state index in [9.17, 15) is 8.42 Å². The van der Waals surface area contributed by atoms with Crippen LogP contribution >= 0.6 is 0 Å². The lowest BCUT2D eigenvalue weighted by molar-refractivity contribution is 0.538. The topological polar surface area (TPSA) is 58.2 Å². The molecule has 1 aromatic rings. The zero-order chi connectivity index (χ0) is 14.6. The lowest BCUT2D eigenvalue weighted by atomic mass is 10.1. The third-order valence-electron chi connectivity index (χ3n) is 3.43. The maximum Gasteiger partial charge on any atom is 0.241 e. The van der Waals surface area contributed by atoms with Crippen LogP contribution in [-0.4, -0.2) is 27.0 Å². The minimum absolute atomic E-state index is 0.142. The fourth-order valence-electron chi connectivity index (χ4n) is 2.21. The third-order valence-corrected chi connectivity index (χ3v) is 5.05. The van der Waals surface area contributed by atoms with E-state index in [4.69, 9.17) is 0 Å². The molecule has 0 radical (unpaired) electrons. The molecule has 0 spiro atoms. The summed E-state index contributed by atoms with van der Waals surface area (Å²) in [6.45, 7) is 5.17. The highest BCUT2D eigenvalue weighted by Crippen LogP contribution is 2.24. The largest absolute Gasteiger partial charge is 0.314 e. The maximum absolute atomic E-state index is 12.4. The summed E-state index contributed by atoms with van der Waals surface area (Å²) in [4.78, 5) is 0.428. The Morgan fingerprint density at radius 1 is 1.30 bits per heavy atom. The number of rotatable bonds is 8. The molecule has 2 N–H and O–H groups in total. The fourth-order valence-corrected chi connectivity index (χ4v) is 3.77. The molecule has 1 fully saturated rings. The Bertz CT molecular complexity index is 539. The fraction of sp³-hybridized carbons (Fsp3) is 0.600. The van der Waals surface area contributed by atoms with Gasteiger partial charge in [0, 0.05) is 12.1 Å². The SMILES string of the molecule is CCCNC(C)Cc1ccccc1S(=O)(=O)NC1CC1. The molecule has 1 saturated carbocycles. The quantitative estimate of drug-likeness (QED) is 0.772. The van der Waals surface area contributed by atoms with Crippen LogP contribution in [0.15, 0.2) is 29.2 Å². The van der Waals surface area contributed by atoms with Crippen molar-refractivity contribution >= 4 is 10.0 Å². The molecular weight excluding hydrogens is 272 g/mol. The molecule has 1 unspecified atom stereocenters. The summed E-state index contributed by atoms with van der Waals surface area (Å²) >= 11 is 0. The Labute approximate surface area is 122 Å². The van der Waals surface area contributed by atoms with E-state index in [1.165, 1.54) is 0 Å². The Morgan fingerprint density at radius 2 is 2.00 bits per heavy atom. The van der Waals surface area contributed by atoms with Gasteiger partial charge in [0.1, 0.15) is 0 Å². The molecule has 1 atom stereocenters. The zero-order valence-electron chi connectivity index (χ0n) is 12.2. The monoisotopic (exact) mass is 296 g/mol. The smallest absolute Gasteiger partial charge is 0.241 e. The normalized spacial score (nSPS) is 17.1. The molecule has 20 heavy (non-hydrogen) atoms. The number of benzene rings is 1. The van der Waals surface area contributed by atoms with Gasteiger partial charge in [0.15, 0.2) is 0 Å². The first-order valence-electron chi connectivity index (χ1n) is 7.36. The van der Waals surface area contributed by atoms with E-state index in [1.807, 2.05) is 12.1 Å². The van der Waals surface area contributed by atoms with Gasteiger partial charge < -0.3 is 5.32 Å². The summed E-state index contributed by atoms with van der Waals surface area (Å²) in [5, 5.41) is 3.40. The van der Waals surface area contributed by atoms with Gasteiger partial charge in [0.05, 0.1) is 4.90 Å². The molecule has 1 aromatic carbocycles. The molecule has 0 aromatic heterocycles. The summed E-state index contributed by atoms with van der Waals surface area (Å²) in [7, 11) is -3.37. The molecule has 2 rings (SSSR count). The zero-order valence-corrected chi connectivity index (χ0v) is 13.0. The molecule has 0 heterocycles. The average molecular weight is 296 g/mol. The molecule has 0 saturated heterocycles. The van der Waals surface area contributed by atoms with Gasteiger partial charge in [-0.25, -0.2) is 13.1 Å². The lowest BCUT2D eigenvalue weighted by Gasteiger charge is -2.16. The van der Waals surface area contributed by atoms with Gasteiger partial charge in [-0.05, 0) is 50.8 Å². The van der Waals surface area contributed by atoms with Crippen molar-refractivity contribution in [2.75, 3.05) is 6.54 Å². The minimum atomic E-state index is -3.37. The summed E-state index contributed by atoms with van der Waals surface area (Å²) in [5.41, 5.74) is 0.886. The van der Waals surface area contributed by atoms with Crippen molar-refractivity contribution < 1.29 is 8.42 Å². The van der Waals surface area contributed by atoms with E-state index in [1.54, 1.807) is 12.1 Å². The van der Waals surface area contributed by atoms with Crippen molar-refractivity contribution in [1.29, 1.82) is 0 Å². The minimum Gasteiger partial charge on any atom is -0.314 e. The highest BCUT2D eigenvalue weighted by Gasteiger charge is 2.29. The summed E-state index contributed by atoms with van der Waals surface area (Å²) < 4.78 is 27.5. The molecule has 4 nitrogen and oxygen atoms in total. The maximum atomic E-state index is 12.4. The first kappa shape index (κ1) is 15.5. The molecule has 0 amide bonds. The Hall–Kier alpha value is -0.910. The summed E-state index contributed by atoms with van der Waals surface area (Å²) in [5.74, 6) is 0. The van der Waals surface area contributed by atoms with E-state index in [-0.39, 0.29) is 12.1 Å². The second kappa shape index (κ2) is 6.70. The number of hydrogen-bond acceptors (Lipinski definition) is 3. The molecule has 0 bridgehead atoms. The number of sulfonamides is 1. The summed E-state index contributed by atoms with van der Waals surface area (Å²) in [6.07, 6.45) is 3.71. The van der Waals surface area contributed by atoms with E-state index in [0.29, 0.717) is 4.90 Å². The predicted octanol–water partition coefficient (Wildman–Crippen LogP) is 2.06. The van der Waals surface area contributed by atoms with Crippen molar-refractivity contribution in [1.82, 2.24) is 10.0 Å². The highest BCUT2D eigenvalue weighted by atomic mass is 32.2. The van der Waals surface area contributed by atoms with Gasteiger partial charge in [-0.15, -0.1) is 0 Å². The van der Waals surface area contributed by atoms with Gasteiger partial charge in [0.25, 0.3) is 0 Å². The van der Waals surface area contributed by atoms with Crippen molar-refractivity contribution in [2.45, 2.75) is 56.5 Å². The van der Waals surface area contributed by atoms with E-state index in [2.05, 4.69) is 23.9 Å². The predicted molar refractivity (Wildman–Crippen MR) is 81.2 cm³/mol. The third kappa shape index (κ3) is 4.30. The lowest BCUT2D eigenvalue weighted by Crippen LogP contribution is -2.31. The van der Waals surface area contributed by atoms with E-state index < -0.39 is 10.0 Å². The van der Waals surface area contributed by atoms with Crippen LogP contribution < -0.4 is 10.0 Å². The molecule has 5 heteroatoms. The van der Waals surface area contributed by atoms with Crippen LogP contribution in [0.2, 0.25) is 0 Å². The van der Waals surface area contributed by atoms with Crippen LogP contribution in [0.25, 0.3) is 0 Å². The second-order valence-electron chi connectivity index (χ2n) is 5.56. The molecule has 1 aliphatic carbocycles. The van der Waals surface area contributed by atoms with Crippen molar-refractivity contribution in [3.05, 3.63) is 29.8 Å². The molecular formula is C15H24N2O2S. The first-order valence-corrected chi connectivity index (χ1v) is 8.85. The standard InChI is InChI=1S/C15H24N2O2S/c1-3-10-16-12(2)11-13-6-4-5-7-15(13)20(18,19)17-14-8-9-14/h4-7,12,14,16-17H,3,8-11H2,1-2H3. The van der Waals surface area contributed by atoms with Crippen LogP contribution in [0, 0.1) is 0 Å². The van der Waals surface area contributed by atoms with Gasteiger partial charge in [-0.3, -0.25) is 0 Å². The highest BCUT2D eigenvalue weighted by molar-refractivity contribution is 7.89. The average Bonchev–Trinajstić information content (AvgIpc) is 3.20. The van der Waals surface area contributed by atoms with Crippen LogP contribution in [0.3, 0.4) is 0 Å². The van der Waals surface area contributed by atoms with Crippen LogP contribution in [0.1, 0.15) is 38.7 Å². The van der Waals surface area contributed by atoms with Gasteiger partial charge in [-0.1, -0.05) is 25.1 Å².